The molecular weight excluding hydrogens is 346 g/mol. The smallest absolute Gasteiger partial charge is 0.235 e. The number of benzene rings is 1. The van der Waals surface area contributed by atoms with Crippen molar-refractivity contribution in [1.82, 2.24) is 25.1 Å². The third-order valence-electron chi connectivity index (χ3n) is 4.70. The SMILES string of the molecule is Cc1cc(C)cc(-n2nnnc2S[C@H](C)C(=O)N2C[C@H](C)C[C@@H](C)C2)c1. The zero-order valence-corrected chi connectivity index (χ0v) is 17.0. The lowest BCUT2D eigenvalue weighted by Crippen LogP contribution is -2.45. The van der Waals surface area contributed by atoms with Crippen LogP contribution < -0.4 is 0 Å². The van der Waals surface area contributed by atoms with Gasteiger partial charge in [-0.25, -0.2) is 0 Å². The Bertz CT molecular complexity index is 760. The number of amides is 1. The van der Waals surface area contributed by atoms with E-state index in [2.05, 4.69) is 49.3 Å². The quantitative estimate of drug-likeness (QED) is 0.770. The molecule has 1 aromatic heterocycles. The first-order valence-electron chi connectivity index (χ1n) is 9.16. The minimum absolute atomic E-state index is 0.170. The third-order valence-corrected chi connectivity index (χ3v) is 5.72. The van der Waals surface area contributed by atoms with E-state index in [1.165, 1.54) is 18.2 Å². The number of likely N-dealkylation sites (tertiary alicyclic amines) is 1. The Labute approximate surface area is 159 Å². The minimum Gasteiger partial charge on any atom is -0.341 e. The number of hydrogen-bond donors (Lipinski definition) is 0. The van der Waals surface area contributed by atoms with Crippen molar-refractivity contribution in [3.63, 3.8) is 0 Å². The molecule has 1 aliphatic rings. The molecule has 140 valence electrons. The van der Waals surface area contributed by atoms with Gasteiger partial charge >= 0.3 is 0 Å². The first-order chi connectivity index (χ1) is 12.3. The Hall–Kier alpha value is -1.89. The Morgan fingerprint density at radius 3 is 2.38 bits per heavy atom. The van der Waals surface area contributed by atoms with Crippen LogP contribution in [0.4, 0.5) is 0 Å². The summed E-state index contributed by atoms with van der Waals surface area (Å²) in [5.74, 6) is 1.28. The van der Waals surface area contributed by atoms with Crippen molar-refractivity contribution in [2.24, 2.45) is 11.8 Å². The van der Waals surface area contributed by atoms with Crippen molar-refractivity contribution in [3.05, 3.63) is 29.3 Å². The highest BCUT2D eigenvalue weighted by Gasteiger charge is 2.29. The van der Waals surface area contributed by atoms with Crippen LogP contribution in [0.25, 0.3) is 5.69 Å². The predicted molar refractivity (Wildman–Crippen MR) is 103 cm³/mol. The zero-order valence-electron chi connectivity index (χ0n) is 16.1. The second-order valence-electron chi connectivity index (χ2n) is 7.67. The molecule has 0 spiro atoms. The molecule has 0 saturated carbocycles. The molecule has 0 aliphatic carbocycles. The highest BCUT2D eigenvalue weighted by Crippen LogP contribution is 2.27. The van der Waals surface area contributed by atoms with Gasteiger partial charge in [0, 0.05) is 13.1 Å². The second-order valence-corrected chi connectivity index (χ2v) is 8.98. The maximum Gasteiger partial charge on any atom is 0.235 e. The van der Waals surface area contributed by atoms with Crippen LogP contribution in [0, 0.1) is 25.7 Å². The van der Waals surface area contributed by atoms with Crippen LogP contribution in [0.3, 0.4) is 0 Å². The summed E-state index contributed by atoms with van der Waals surface area (Å²) in [6, 6.07) is 6.22. The van der Waals surface area contributed by atoms with E-state index >= 15 is 0 Å². The highest BCUT2D eigenvalue weighted by atomic mass is 32.2. The summed E-state index contributed by atoms with van der Waals surface area (Å²) in [7, 11) is 0. The lowest BCUT2D eigenvalue weighted by atomic mass is 9.92. The second kappa shape index (κ2) is 7.78. The van der Waals surface area contributed by atoms with Gasteiger partial charge in [0.1, 0.15) is 0 Å². The normalized spacial score (nSPS) is 21.7. The van der Waals surface area contributed by atoms with Crippen LogP contribution in [0.1, 0.15) is 38.3 Å². The lowest BCUT2D eigenvalue weighted by molar-refractivity contribution is -0.132. The van der Waals surface area contributed by atoms with Crippen molar-refractivity contribution >= 4 is 17.7 Å². The van der Waals surface area contributed by atoms with Crippen molar-refractivity contribution < 1.29 is 4.79 Å². The predicted octanol–water partition coefficient (Wildman–Crippen LogP) is 3.26. The summed E-state index contributed by atoms with van der Waals surface area (Å²) in [4.78, 5) is 14.9. The number of aryl methyl sites for hydroxylation is 2. The number of tetrazole rings is 1. The van der Waals surface area contributed by atoms with Crippen molar-refractivity contribution in [1.29, 1.82) is 0 Å². The van der Waals surface area contributed by atoms with Gasteiger partial charge in [0.15, 0.2) is 0 Å². The number of piperidine rings is 1. The first-order valence-corrected chi connectivity index (χ1v) is 10.0. The Morgan fingerprint density at radius 2 is 1.77 bits per heavy atom. The van der Waals surface area contributed by atoms with E-state index in [0.29, 0.717) is 17.0 Å². The van der Waals surface area contributed by atoms with Gasteiger partial charge in [-0.2, -0.15) is 4.68 Å². The molecular formula is C19H27N5OS. The Balaban J connectivity index is 1.75. The molecule has 1 aliphatic heterocycles. The molecule has 1 saturated heterocycles. The molecule has 1 amide bonds. The summed E-state index contributed by atoms with van der Waals surface area (Å²) in [5.41, 5.74) is 3.24. The summed E-state index contributed by atoms with van der Waals surface area (Å²) in [6.45, 7) is 12.2. The summed E-state index contributed by atoms with van der Waals surface area (Å²) in [5, 5.41) is 12.5. The van der Waals surface area contributed by atoms with Gasteiger partial charge in [-0.15, -0.1) is 5.10 Å². The van der Waals surface area contributed by atoms with Gasteiger partial charge in [-0.3, -0.25) is 4.79 Å². The molecule has 1 fully saturated rings. The molecule has 26 heavy (non-hydrogen) atoms. The summed E-state index contributed by atoms with van der Waals surface area (Å²) >= 11 is 1.42. The van der Waals surface area contributed by atoms with Crippen LogP contribution in [-0.4, -0.2) is 49.4 Å². The molecule has 0 unspecified atom stereocenters. The fourth-order valence-corrected chi connectivity index (χ4v) is 4.69. The van der Waals surface area contributed by atoms with E-state index in [1.54, 1.807) is 4.68 Å². The van der Waals surface area contributed by atoms with Crippen LogP contribution in [0.2, 0.25) is 0 Å². The number of hydrogen-bond acceptors (Lipinski definition) is 5. The van der Waals surface area contributed by atoms with Gasteiger partial charge < -0.3 is 4.90 Å². The molecule has 0 bridgehead atoms. The van der Waals surface area contributed by atoms with Crippen LogP contribution in [-0.2, 0) is 4.79 Å². The van der Waals surface area contributed by atoms with Gasteiger partial charge in [0.25, 0.3) is 0 Å². The Morgan fingerprint density at radius 1 is 1.15 bits per heavy atom. The average Bonchev–Trinajstić information content (AvgIpc) is 3.00. The molecule has 7 heteroatoms. The largest absolute Gasteiger partial charge is 0.341 e. The van der Waals surface area contributed by atoms with E-state index < -0.39 is 0 Å². The highest BCUT2D eigenvalue weighted by molar-refractivity contribution is 8.00. The monoisotopic (exact) mass is 373 g/mol. The molecule has 0 radical (unpaired) electrons. The number of rotatable bonds is 4. The molecule has 3 atom stereocenters. The number of nitrogens with zero attached hydrogens (tertiary/aromatic N) is 5. The van der Waals surface area contributed by atoms with Gasteiger partial charge in [0.2, 0.25) is 11.1 Å². The van der Waals surface area contributed by atoms with E-state index in [9.17, 15) is 4.79 Å². The van der Waals surface area contributed by atoms with E-state index in [0.717, 1.165) is 29.9 Å². The lowest BCUT2D eigenvalue weighted by Gasteiger charge is -2.36. The Kier molecular flexibility index (Phi) is 5.65. The number of carbonyl (C=O) groups excluding carboxylic acids is 1. The van der Waals surface area contributed by atoms with Crippen molar-refractivity contribution in [3.8, 4) is 5.69 Å². The summed E-state index contributed by atoms with van der Waals surface area (Å²) in [6.07, 6.45) is 1.19. The first kappa shape index (κ1) is 18.9. The van der Waals surface area contributed by atoms with Crippen molar-refractivity contribution in [2.75, 3.05) is 13.1 Å². The molecule has 2 aromatic rings. The van der Waals surface area contributed by atoms with Crippen LogP contribution in [0.5, 0.6) is 0 Å². The van der Waals surface area contributed by atoms with Gasteiger partial charge in [-0.1, -0.05) is 31.7 Å². The standard InChI is InChI=1S/C19H27N5OS/c1-12-6-13(2)9-17(8-12)24-19(20-21-22-24)26-16(5)18(25)23-10-14(3)7-15(4)11-23/h6,8-9,14-16H,7,10-11H2,1-5H3/t14-,15-,16-/m1/s1. The number of carbonyl (C=O) groups is 1. The molecule has 0 N–H and O–H groups in total. The fourth-order valence-electron chi connectivity index (χ4n) is 3.80. The van der Waals surface area contributed by atoms with Crippen molar-refractivity contribution in [2.45, 2.75) is 51.4 Å². The van der Waals surface area contributed by atoms with Crippen LogP contribution in [0.15, 0.2) is 23.4 Å². The number of aromatic nitrogens is 4. The number of thioether (sulfide) groups is 1. The fraction of sp³-hybridized carbons (Fsp3) is 0.579. The molecule has 1 aromatic carbocycles. The van der Waals surface area contributed by atoms with E-state index in [4.69, 9.17) is 0 Å². The zero-order chi connectivity index (χ0) is 18.8. The van der Waals surface area contributed by atoms with Gasteiger partial charge in [-0.05, 0) is 72.7 Å². The van der Waals surface area contributed by atoms with Crippen LogP contribution >= 0.6 is 11.8 Å². The minimum atomic E-state index is -0.219. The molecule has 3 rings (SSSR count). The third kappa shape index (κ3) is 4.26. The van der Waals surface area contributed by atoms with Gasteiger partial charge in [0.05, 0.1) is 10.9 Å². The average molecular weight is 374 g/mol. The van der Waals surface area contributed by atoms with E-state index in [1.807, 2.05) is 24.0 Å². The maximum absolute atomic E-state index is 12.9. The van der Waals surface area contributed by atoms with E-state index in [-0.39, 0.29) is 11.2 Å². The molecule has 2 heterocycles. The molecule has 6 nitrogen and oxygen atoms in total. The summed E-state index contributed by atoms with van der Waals surface area (Å²) < 4.78 is 1.72. The topological polar surface area (TPSA) is 63.9 Å². The maximum atomic E-state index is 12.9.